The molecule has 1 aliphatic carbocycles. The predicted octanol–water partition coefficient (Wildman–Crippen LogP) is 16.4. The molecule has 276 valence electrons. The Balaban J connectivity index is 0.932. The monoisotopic (exact) mass is 748 g/mol. The van der Waals surface area contributed by atoms with Gasteiger partial charge in [-0.2, -0.15) is 0 Å². The summed E-state index contributed by atoms with van der Waals surface area (Å²) in [5.74, 6) is 0. The van der Waals surface area contributed by atoms with Crippen molar-refractivity contribution in [1.82, 2.24) is 0 Å². The Hall–Kier alpha value is -7.28. The van der Waals surface area contributed by atoms with Crippen LogP contribution < -0.4 is 0 Å². The van der Waals surface area contributed by atoms with Gasteiger partial charge in [-0.15, -0.1) is 0 Å². The molecule has 0 saturated heterocycles. The van der Waals surface area contributed by atoms with E-state index in [1.165, 1.54) is 121 Å². The molecule has 11 aromatic rings. The van der Waals surface area contributed by atoms with Gasteiger partial charge in [-0.25, -0.2) is 0 Å². The maximum atomic E-state index is 2.45. The van der Waals surface area contributed by atoms with E-state index in [4.69, 9.17) is 0 Å². The molecule has 11 aromatic carbocycles. The lowest BCUT2D eigenvalue weighted by atomic mass is 9.80. The summed E-state index contributed by atoms with van der Waals surface area (Å²) in [6, 6.07) is 77.0. The van der Waals surface area contributed by atoms with Crippen LogP contribution in [-0.4, -0.2) is 0 Å². The Kier molecular flexibility index (Phi) is 7.38. The molecule has 0 fully saturated rings. The van der Waals surface area contributed by atoms with Crippen LogP contribution in [0.1, 0.15) is 25.0 Å². The minimum absolute atomic E-state index is 0.144. The van der Waals surface area contributed by atoms with Gasteiger partial charge < -0.3 is 0 Å². The molecule has 0 aliphatic heterocycles. The van der Waals surface area contributed by atoms with Crippen LogP contribution in [0.3, 0.4) is 0 Å². The molecule has 0 spiro atoms. The number of hydrogen-bond acceptors (Lipinski definition) is 0. The summed E-state index contributed by atoms with van der Waals surface area (Å²) < 4.78 is 0. The summed E-state index contributed by atoms with van der Waals surface area (Å²) in [7, 11) is 0. The second kappa shape index (κ2) is 12.9. The summed E-state index contributed by atoms with van der Waals surface area (Å²) in [6.45, 7) is 4.78. The molecule has 0 heterocycles. The first-order valence-electron chi connectivity index (χ1n) is 20.7. The summed E-state index contributed by atoms with van der Waals surface area (Å²) in [5, 5.41) is 10.4. The van der Waals surface area contributed by atoms with Crippen LogP contribution in [0, 0.1) is 0 Å². The Labute approximate surface area is 345 Å². The van der Waals surface area contributed by atoms with Crippen molar-refractivity contribution >= 4 is 43.1 Å². The van der Waals surface area contributed by atoms with E-state index >= 15 is 0 Å². The van der Waals surface area contributed by atoms with Crippen molar-refractivity contribution in [2.24, 2.45) is 0 Å². The lowest BCUT2D eigenvalue weighted by Gasteiger charge is -2.23. The van der Waals surface area contributed by atoms with E-state index in [1.807, 2.05) is 0 Å². The normalized spacial score (nSPS) is 13.1. The zero-order chi connectivity index (χ0) is 39.2. The minimum Gasteiger partial charge on any atom is -0.0622 e. The fourth-order valence-corrected chi connectivity index (χ4v) is 10.1. The van der Waals surface area contributed by atoms with Gasteiger partial charge in [0.25, 0.3) is 0 Å². The summed E-state index contributed by atoms with van der Waals surface area (Å²) in [6.07, 6.45) is 0. The molecule has 0 unspecified atom stereocenters. The zero-order valence-corrected chi connectivity index (χ0v) is 33.1. The van der Waals surface area contributed by atoms with Gasteiger partial charge in [0.1, 0.15) is 0 Å². The molecule has 0 bridgehead atoms. The quantitative estimate of drug-likeness (QED) is 0.154. The third-order valence-corrected chi connectivity index (χ3v) is 13.2. The third kappa shape index (κ3) is 5.37. The van der Waals surface area contributed by atoms with Crippen molar-refractivity contribution in [2.45, 2.75) is 19.3 Å². The third-order valence-electron chi connectivity index (χ3n) is 13.2. The van der Waals surface area contributed by atoms with Crippen LogP contribution in [0.2, 0.25) is 0 Å². The summed E-state index contributed by atoms with van der Waals surface area (Å²) in [4.78, 5) is 0. The van der Waals surface area contributed by atoms with Crippen molar-refractivity contribution in [3.63, 3.8) is 0 Å². The van der Waals surface area contributed by atoms with Gasteiger partial charge >= 0.3 is 0 Å². The lowest BCUT2D eigenvalue weighted by Crippen LogP contribution is -2.15. The number of fused-ring (bicyclic) bond motifs is 4. The predicted molar refractivity (Wildman–Crippen MR) is 252 cm³/mol. The van der Waals surface area contributed by atoms with Crippen LogP contribution in [0.4, 0.5) is 0 Å². The Bertz CT molecular complexity index is 3420. The Morgan fingerprint density at radius 2 is 0.695 bits per heavy atom. The Morgan fingerprint density at radius 3 is 1.39 bits per heavy atom. The fraction of sp³-hybridized carbons (Fsp3) is 0.0508. The molecular weight excluding hydrogens is 709 g/mol. The highest BCUT2D eigenvalue weighted by atomic mass is 14.4. The van der Waals surface area contributed by atoms with E-state index in [-0.39, 0.29) is 5.41 Å². The second-order valence-electron chi connectivity index (χ2n) is 16.9. The van der Waals surface area contributed by atoms with E-state index in [0.29, 0.717) is 0 Å². The number of rotatable bonds is 5. The van der Waals surface area contributed by atoms with Crippen molar-refractivity contribution in [3.05, 3.63) is 217 Å². The van der Waals surface area contributed by atoms with Crippen LogP contribution >= 0.6 is 0 Å². The smallest absolute Gasteiger partial charge is 0.0159 e. The van der Waals surface area contributed by atoms with Gasteiger partial charge in [0.15, 0.2) is 0 Å². The van der Waals surface area contributed by atoms with Crippen molar-refractivity contribution in [1.29, 1.82) is 0 Å². The summed E-state index contributed by atoms with van der Waals surface area (Å²) >= 11 is 0. The maximum Gasteiger partial charge on any atom is 0.0159 e. The number of hydrogen-bond donors (Lipinski definition) is 0. The van der Waals surface area contributed by atoms with Gasteiger partial charge in [-0.05, 0) is 157 Å². The van der Waals surface area contributed by atoms with E-state index < -0.39 is 0 Å². The highest BCUT2D eigenvalue weighted by molar-refractivity contribution is 6.25. The van der Waals surface area contributed by atoms with Gasteiger partial charge in [0, 0.05) is 5.41 Å². The van der Waals surface area contributed by atoms with Crippen molar-refractivity contribution < 1.29 is 0 Å². The molecule has 0 N–H and O–H groups in total. The molecule has 0 radical (unpaired) electrons. The lowest BCUT2D eigenvalue weighted by molar-refractivity contribution is 0.661. The molecule has 0 nitrogen and oxygen atoms in total. The highest BCUT2D eigenvalue weighted by Crippen LogP contribution is 2.51. The molecule has 0 amide bonds. The van der Waals surface area contributed by atoms with E-state index in [2.05, 4.69) is 220 Å². The maximum absolute atomic E-state index is 2.45. The van der Waals surface area contributed by atoms with E-state index in [9.17, 15) is 0 Å². The van der Waals surface area contributed by atoms with Crippen LogP contribution in [0.15, 0.2) is 206 Å². The van der Waals surface area contributed by atoms with Crippen LogP contribution in [-0.2, 0) is 5.41 Å². The topological polar surface area (TPSA) is 0 Å². The zero-order valence-electron chi connectivity index (χ0n) is 33.1. The van der Waals surface area contributed by atoms with Crippen LogP contribution in [0.5, 0.6) is 0 Å². The van der Waals surface area contributed by atoms with E-state index in [0.717, 1.165) is 0 Å². The first-order chi connectivity index (χ1) is 29.0. The standard InChI is InChI=1S/C59H40/c1-59(2)55-35-46(45-22-17-38-11-6-7-12-44(38)31-45)25-28-52(55)53-29-26-47(36-56(53)59)50-33-48(37-9-4-3-5-10-37)32-49(34-50)39-15-18-40(19-16-39)51-27-23-43-21-20-41-13-8-14-42-24-30-54(51)58(43)57(41)42/h3-36H,1-2H3. The molecule has 1 aliphatic rings. The molecule has 12 rings (SSSR count). The van der Waals surface area contributed by atoms with Gasteiger partial charge in [-0.3, -0.25) is 0 Å². The van der Waals surface area contributed by atoms with Gasteiger partial charge in [-0.1, -0.05) is 184 Å². The SMILES string of the molecule is CC1(C)c2cc(-c3cc(-c4ccccc4)cc(-c4ccc(-c5ccc6ccc7cccc8ccc5c6c78)cc4)c3)ccc2-c2ccc(-c3ccc4ccccc4c3)cc21. The molecule has 0 atom stereocenters. The van der Waals surface area contributed by atoms with Crippen molar-refractivity contribution in [3.8, 4) is 66.8 Å². The summed E-state index contributed by atoms with van der Waals surface area (Å²) in [5.41, 5.74) is 17.6. The van der Waals surface area contributed by atoms with Gasteiger partial charge in [0.2, 0.25) is 0 Å². The molecule has 0 aromatic heterocycles. The molecular formula is C59H40. The second-order valence-corrected chi connectivity index (χ2v) is 16.9. The first kappa shape index (κ1) is 33.8. The first-order valence-corrected chi connectivity index (χ1v) is 20.7. The average molecular weight is 749 g/mol. The van der Waals surface area contributed by atoms with Crippen molar-refractivity contribution in [2.75, 3.05) is 0 Å². The largest absolute Gasteiger partial charge is 0.0622 e. The average Bonchev–Trinajstić information content (AvgIpc) is 3.52. The number of benzene rings is 11. The molecule has 0 heteroatoms. The highest BCUT2D eigenvalue weighted by Gasteiger charge is 2.36. The molecule has 0 saturated carbocycles. The molecule has 59 heavy (non-hydrogen) atoms. The minimum atomic E-state index is -0.144. The fourth-order valence-electron chi connectivity index (χ4n) is 10.1. The van der Waals surface area contributed by atoms with E-state index in [1.54, 1.807) is 0 Å². The van der Waals surface area contributed by atoms with Crippen LogP contribution in [0.25, 0.3) is 110 Å². The Morgan fingerprint density at radius 1 is 0.254 bits per heavy atom. The van der Waals surface area contributed by atoms with Gasteiger partial charge in [0.05, 0.1) is 0 Å².